The molecular weight excluding hydrogens is 334 g/mol. The lowest BCUT2D eigenvalue weighted by atomic mass is 9.69. The molecule has 3 fully saturated rings. The lowest BCUT2D eigenvalue weighted by Gasteiger charge is -2.38. The number of hydrogen-bond acceptors (Lipinski definition) is 2. The van der Waals surface area contributed by atoms with Crippen LogP contribution < -0.4 is 5.32 Å². The van der Waals surface area contributed by atoms with Crippen LogP contribution in [0.25, 0.3) is 0 Å². The summed E-state index contributed by atoms with van der Waals surface area (Å²) in [5.74, 6) is -3.50. The number of hydrogen-bond donors (Lipinski definition) is 1. The van der Waals surface area contributed by atoms with E-state index in [1.54, 1.807) is 0 Å². The summed E-state index contributed by atoms with van der Waals surface area (Å²) >= 11 is 0. The minimum atomic E-state index is -2.50. The Morgan fingerprint density at radius 3 is 2.54 bits per heavy atom. The van der Waals surface area contributed by atoms with Gasteiger partial charge >= 0.3 is 0 Å². The molecular formula is C21H28F2N2O. The van der Waals surface area contributed by atoms with Crippen LogP contribution in [0.3, 0.4) is 0 Å². The Hall–Kier alpha value is -1.49. The van der Waals surface area contributed by atoms with Gasteiger partial charge in [-0.05, 0) is 31.4 Å². The first-order chi connectivity index (χ1) is 12.5. The summed E-state index contributed by atoms with van der Waals surface area (Å²) in [6.45, 7) is 1.85. The van der Waals surface area contributed by atoms with Crippen molar-refractivity contribution >= 4 is 5.91 Å². The van der Waals surface area contributed by atoms with E-state index in [1.165, 1.54) is 24.8 Å². The van der Waals surface area contributed by atoms with Crippen LogP contribution in [-0.2, 0) is 10.2 Å². The molecule has 0 spiro atoms. The van der Waals surface area contributed by atoms with E-state index in [1.807, 2.05) is 11.0 Å². The third-order valence-corrected chi connectivity index (χ3v) is 6.76. The maximum Gasteiger partial charge on any atom is 0.255 e. The van der Waals surface area contributed by atoms with Crippen LogP contribution in [0.5, 0.6) is 0 Å². The number of fused-ring (bicyclic) bond motifs is 1. The van der Waals surface area contributed by atoms with Gasteiger partial charge in [0.25, 0.3) is 5.92 Å². The van der Waals surface area contributed by atoms with E-state index in [0.717, 1.165) is 12.8 Å². The van der Waals surface area contributed by atoms with Crippen molar-refractivity contribution in [3.8, 4) is 0 Å². The third-order valence-electron chi connectivity index (χ3n) is 6.76. The number of carbonyl (C=O) groups excluding carboxylic acids is 1. The normalized spacial score (nSPS) is 29.6. The first-order valence-corrected chi connectivity index (χ1v) is 9.94. The van der Waals surface area contributed by atoms with Crippen molar-refractivity contribution in [1.82, 2.24) is 10.2 Å². The van der Waals surface area contributed by atoms with Gasteiger partial charge in [0.15, 0.2) is 0 Å². The van der Waals surface area contributed by atoms with Crippen LogP contribution in [-0.4, -0.2) is 42.9 Å². The molecule has 1 heterocycles. The topological polar surface area (TPSA) is 32.3 Å². The summed E-state index contributed by atoms with van der Waals surface area (Å²) in [7, 11) is 0. The smallest absolute Gasteiger partial charge is 0.255 e. The number of carbonyl (C=O) groups is 1. The second-order valence-electron chi connectivity index (χ2n) is 8.40. The average Bonchev–Trinajstić information content (AvgIpc) is 3.22. The molecule has 1 amide bonds. The average molecular weight is 362 g/mol. The van der Waals surface area contributed by atoms with Crippen molar-refractivity contribution in [2.45, 2.75) is 49.9 Å². The number of likely N-dealkylation sites (tertiary alicyclic amines) is 1. The summed E-state index contributed by atoms with van der Waals surface area (Å²) in [4.78, 5) is 14.4. The molecule has 0 aromatic heterocycles. The molecule has 4 rings (SSSR count). The van der Waals surface area contributed by atoms with Gasteiger partial charge in [-0.2, -0.15) is 0 Å². The minimum absolute atomic E-state index is 0.0195. The van der Waals surface area contributed by atoms with E-state index < -0.39 is 17.8 Å². The SMILES string of the molecule is O=C(CN1CC[C@@H]2[C@@H](C1)C2(F)F)NCC1(c2ccccc2)CCCCC1. The van der Waals surface area contributed by atoms with Gasteiger partial charge in [-0.25, -0.2) is 8.78 Å². The lowest BCUT2D eigenvalue weighted by Crippen LogP contribution is -2.46. The molecule has 1 N–H and O–H groups in total. The Bertz CT molecular complexity index is 643. The zero-order valence-corrected chi connectivity index (χ0v) is 15.2. The van der Waals surface area contributed by atoms with Gasteiger partial charge in [-0.3, -0.25) is 9.69 Å². The van der Waals surface area contributed by atoms with Crippen molar-refractivity contribution in [2.75, 3.05) is 26.2 Å². The van der Waals surface area contributed by atoms with Gasteiger partial charge in [0.2, 0.25) is 5.91 Å². The Kier molecular flexibility index (Phi) is 4.76. The number of halogens is 2. The second kappa shape index (κ2) is 6.91. The zero-order valence-electron chi connectivity index (χ0n) is 15.2. The standard InChI is InChI=1S/C21H28F2N2O/c22-21(23)17-9-12-25(13-18(17)21)14-19(26)24-15-20(10-5-2-6-11-20)16-7-3-1-4-8-16/h1,3-4,7-8,17-18H,2,5-6,9-15H2,(H,24,26)/t17-,18-/m1/s1. The number of nitrogens with zero attached hydrogens (tertiary/aromatic N) is 1. The Morgan fingerprint density at radius 1 is 1.12 bits per heavy atom. The van der Waals surface area contributed by atoms with Crippen molar-refractivity contribution in [3.05, 3.63) is 35.9 Å². The largest absolute Gasteiger partial charge is 0.354 e. The van der Waals surface area contributed by atoms with Gasteiger partial charge in [0.05, 0.1) is 6.54 Å². The maximum atomic E-state index is 13.5. The van der Waals surface area contributed by atoms with E-state index in [0.29, 0.717) is 26.1 Å². The van der Waals surface area contributed by atoms with E-state index in [4.69, 9.17) is 0 Å². The van der Waals surface area contributed by atoms with E-state index in [-0.39, 0.29) is 17.9 Å². The van der Waals surface area contributed by atoms with Crippen LogP contribution in [0.2, 0.25) is 0 Å². The van der Waals surface area contributed by atoms with Crippen LogP contribution in [0.15, 0.2) is 30.3 Å². The monoisotopic (exact) mass is 362 g/mol. The number of piperidine rings is 1. The highest BCUT2D eigenvalue weighted by Crippen LogP contribution is 2.59. The number of rotatable bonds is 5. The van der Waals surface area contributed by atoms with Gasteiger partial charge in [-0.1, -0.05) is 49.6 Å². The molecule has 5 heteroatoms. The Labute approximate surface area is 154 Å². The highest BCUT2D eigenvalue weighted by atomic mass is 19.3. The summed E-state index contributed by atoms with van der Waals surface area (Å²) in [6.07, 6.45) is 6.34. The molecule has 3 aliphatic rings. The molecule has 0 radical (unpaired) electrons. The minimum Gasteiger partial charge on any atom is -0.354 e. The van der Waals surface area contributed by atoms with E-state index >= 15 is 0 Å². The number of nitrogens with one attached hydrogen (secondary N) is 1. The quantitative estimate of drug-likeness (QED) is 0.868. The molecule has 2 aliphatic carbocycles. The van der Waals surface area contributed by atoms with E-state index in [2.05, 4.69) is 29.6 Å². The first kappa shape index (κ1) is 17.9. The molecule has 26 heavy (non-hydrogen) atoms. The third kappa shape index (κ3) is 3.38. The summed E-state index contributed by atoms with van der Waals surface area (Å²) < 4.78 is 27.0. The predicted molar refractivity (Wildman–Crippen MR) is 97.2 cm³/mol. The molecule has 1 saturated heterocycles. The molecule has 0 bridgehead atoms. The fourth-order valence-electron chi connectivity index (χ4n) is 5.05. The molecule has 1 aliphatic heterocycles. The Balaban J connectivity index is 1.34. The Morgan fingerprint density at radius 2 is 1.85 bits per heavy atom. The highest BCUT2D eigenvalue weighted by Gasteiger charge is 2.68. The first-order valence-electron chi connectivity index (χ1n) is 9.94. The molecule has 0 unspecified atom stereocenters. The van der Waals surface area contributed by atoms with Crippen LogP contribution in [0, 0.1) is 11.8 Å². The lowest BCUT2D eigenvalue weighted by molar-refractivity contribution is -0.122. The predicted octanol–water partition coefficient (Wildman–Crippen LogP) is 3.59. The molecule has 3 nitrogen and oxygen atoms in total. The van der Waals surface area contributed by atoms with Gasteiger partial charge in [0, 0.05) is 30.3 Å². The zero-order chi connectivity index (χ0) is 18.2. The summed E-state index contributed by atoms with van der Waals surface area (Å²) in [6, 6.07) is 10.5. The fourth-order valence-corrected chi connectivity index (χ4v) is 5.05. The van der Waals surface area contributed by atoms with Gasteiger partial charge < -0.3 is 5.32 Å². The van der Waals surface area contributed by atoms with E-state index in [9.17, 15) is 13.6 Å². The van der Waals surface area contributed by atoms with Gasteiger partial charge in [-0.15, -0.1) is 0 Å². The molecule has 142 valence electrons. The van der Waals surface area contributed by atoms with Gasteiger partial charge in [0.1, 0.15) is 0 Å². The van der Waals surface area contributed by atoms with Crippen molar-refractivity contribution in [3.63, 3.8) is 0 Å². The molecule has 2 atom stereocenters. The van der Waals surface area contributed by atoms with Crippen LogP contribution in [0.4, 0.5) is 8.78 Å². The molecule has 1 aromatic rings. The fraction of sp³-hybridized carbons (Fsp3) is 0.667. The summed E-state index contributed by atoms with van der Waals surface area (Å²) in [5.41, 5.74) is 1.32. The molecule has 1 aromatic carbocycles. The van der Waals surface area contributed by atoms with Crippen molar-refractivity contribution in [1.29, 1.82) is 0 Å². The number of alkyl halides is 2. The summed E-state index contributed by atoms with van der Waals surface area (Å²) in [5, 5.41) is 3.12. The van der Waals surface area contributed by atoms with Crippen LogP contribution in [0.1, 0.15) is 44.1 Å². The highest BCUT2D eigenvalue weighted by molar-refractivity contribution is 5.78. The number of benzene rings is 1. The second-order valence-corrected chi connectivity index (χ2v) is 8.40. The van der Waals surface area contributed by atoms with Crippen molar-refractivity contribution < 1.29 is 13.6 Å². The van der Waals surface area contributed by atoms with Crippen molar-refractivity contribution in [2.24, 2.45) is 11.8 Å². The van der Waals surface area contributed by atoms with Crippen LogP contribution >= 0.6 is 0 Å². The molecule has 2 saturated carbocycles. The maximum absolute atomic E-state index is 13.5. The number of amides is 1.